The van der Waals surface area contributed by atoms with E-state index in [9.17, 15) is 0 Å². The van der Waals surface area contributed by atoms with Crippen molar-refractivity contribution in [3.8, 4) is 6.07 Å². The number of hydrogen-bond acceptors (Lipinski definition) is 3. The molecule has 90 valence electrons. The average Bonchev–Trinajstić information content (AvgIpc) is 2.31. The molecular formula is C14H18N2S. The van der Waals surface area contributed by atoms with Crippen LogP contribution in [0.4, 0.5) is 5.69 Å². The largest absolute Gasteiger partial charge is 0.383 e. The van der Waals surface area contributed by atoms with Gasteiger partial charge in [0.05, 0.1) is 11.5 Å². The minimum Gasteiger partial charge on any atom is -0.383 e. The van der Waals surface area contributed by atoms with Crippen molar-refractivity contribution in [3.05, 3.63) is 24.3 Å². The zero-order valence-corrected chi connectivity index (χ0v) is 11.0. The molecule has 2 rings (SSSR count). The highest BCUT2D eigenvalue weighted by molar-refractivity contribution is 7.99. The number of nitrogens with one attached hydrogen (secondary N) is 1. The summed E-state index contributed by atoms with van der Waals surface area (Å²) in [5.41, 5.74) is 1.02. The molecular weight excluding hydrogens is 228 g/mol. The molecule has 1 N–H and O–H groups in total. The number of benzene rings is 1. The summed E-state index contributed by atoms with van der Waals surface area (Å²) < 4.78 is 0. The molecule has 2 nitrogen and oxygen atoms in total. The lowest BCUT2D eigenvalue weighted by atomic mass is 9.70. The van der Waals surface area contributed by atoms with Crippen LogP contribution in [0, 0.1) is 16.7 Å². The molecule has 0 amide bonds. The standard InChI is InChI=1S/C14H18N2S/c1-2-17-13-6-4-12(5-7-13)16-11-14(10-15)8-3-9-14/h4-7,16H,2-3,8-9,11H2,1H3. The molecule has 17 heavy (non-hydrogen) atoms. The molecule has 1 aliphatic carbocycles. The second-order valence-corrected chi connectivity index (χ2v) is 5.89. The monoisotopic (exact) mass is 246 g/mol. The Labute approximate surface area is 107 Å². The van der Waals surface area contributed by atoms with Gasteiger partial charge in [-0.2, -0.15) is 5.26 Å². The fourth-order valence-electron chi connectivity index (χ4n) is 2.04. The predicted octanol–water partition coefficient (Wildman–Crippen LogP) is 3.90. The number of thioether (sulfide) groups is 1. The molecule has 1 aromatic carbocycles. The summed E-state index contributed by atoms with van der Waals surface area (Å²) in [5, 5.41) is 12.5. The first-order valence-electron chi connectivity index (χ1n) is 6.16. The van der Waals surface area contributed by atoms with Gasteiger partial charge in [0, 0.05) is 17.1 Å². The average molecular weight is 246 g/mol. The second kappa shape index (κ2) is 5.46. The van der Waals surface area contributed by atoms with Crippen LogP contribution >= 0.6 is 11.8 Å². The molecule has 1 aliphatic rings. The lowest BCUT2D eigenvalue weighted by Crippen LogP contribution is -2.34. The molecule has 0 aliphatic heterocycles. The summed E-state index contributed by atoms with van der Waals surface area (Å²) in [4.78, 5) is 1.30. The van der Waals surface area contributed by atoms with Crippen molar-refractivity contribution in [2.24, 2.45) is 5.41 Å². The first kappa shape index (κ1) is 12.3. The number of nitriles is 1. The fraction of sp³-hybridized carbons (Fsp3) is 0.500. The predicted molar refractivity (Wildman–Crippen MR) is 73.2 cm³/mol. The van der Waals surface area contributed by atoms with E-state index in [4.69, 9.17) is 5.26 Å². The van der Waals surface area contributed by atoms with E-state index in [1.54, 1.807) is 0 Å². The highest BCUT2D eigenvalue weighted by atomic mass is 32.2. The van der Waals surface area contributed by atoms with Gasteiger partial charge in [0.2, 0.25) is 0 Å². The number of rotatable bonds is 5. The van der Waals surface area contributed by atoms with E-state index in [1.807, 2.05) is 11.8 Å². The Morgan fingerprint density at radius 1 is 1.35 bits per heavy atom. The molecule has 1 saturated carbocycles. The minimum atomic E-state index is -0.100. The Balaban J connectivity index is 1.89. The van der Waals surface area contributed by atoms with Crippen LogP contribution in [0.5, 0.6) is 0 Å². The van der Waals surface area contributed by atoms with Crippen LogP contribution < -0.4 is 5.32 Å². The maximum Gasteiger partial charge on any atom is 0.0746 e. The molecule has 0 saturated heterocycles. The Kier molecular flexibility index (Phi) is 3.96. The smallest absolute Gasteiger partial charge is 0.0746 e. The third-order valence-corrected chi connectivity index (χ3v) is 4.24. The zero-order valence-electron chi connectivity index (χ0n) is 10.2. The molecule has 0 radical (unpaired) electrons. The Bertz CT molecular complexity index is 401. The normalized spacial score (nSPS) is 16.9. The van der Waals surface area contributed by atoms with Gasteiger partial charge in [0.1, 0.15) is 0 Å². The maximum absolute atomic E-state index is 9.14. The summed E-state index contributed by atoms with van der Waals surface area (Å²) in [7, 11) is 0. The lowest BCUT2D eigenvalue weighted by Gasteiger charge is -2.35. The highest BCUT2D eigenvalue weighted by Crippen LogP contribution is 2.40. The van der Waals surface area contributed by atoms with Crippen molar-refractivity contribution in [2.75, 3.05) is 17.6 Å². The number of nitrogens with zero attached hydrogens (tertiary/aromatic N) is 1. The van der Waals surface area contributed by atoms with Crippen LogP contribution in [0.3, 0.4) is 0 Å². The van der Waals surface area contributed by atoms with Crippen LogP contribution in [-0.2, 0) is 0 Å². The fourth-order valence-corrected chi connectivity index (χ4v) is 2.70. The third-order valence-electron chi connectivity index (χ3n) is 3.34. The van der Waals surface area contributed by atoms with Crippen LogP contribution in [0.25, 0.3) is 0 Å². The summed E-state index contributed by atoms with van der Waals surface area (Å²) in [5.74, 6) is 1.10. The number of anilines is 1. The van der Waals surface area contributed by atoms with Crippen molar-refractivity contribution in [2.45, 2.75) is 31.1 Å². The van der Waals surface area contributed by atoms with E-state index in [-0.39, 0.29) is 5.41 Å². The molecule has 0 atom stereocenters. The van der Waals surface area contributed by atoms with Gasteiger partial charge < -0.3 is 5.32 Å². The minimum absolute atomic E-state index is 0.100. The SMILES string of the molecule is CCSc1ccc(NCC2(C#N)CCC2)cc1. The molecule has 1 aromatic rings. The topological polar surface area (TPSA) is 35.8 Å². The van der Waals surface area contributed by atoms with Crippen molar-refractivity contribution in [1.82, 2.24) is 0 Å². The first-order valence-corrected chi connectivity index (χ1v) is 7.14. The first-order chi connectivity index (χ1) is 8.28. The van der Waals surface area contributed by atoms with Gasteiger partial charge in [-0.25, -0.2) is 0 Å². The highest BCUT2D eigenvalue weighted by Gasteiger charge is 2.36. The summed E-state index contributed by atoms with van der Waals surface area (Å²) in [6.45, 7) is 2.94. The van der Waals surface area contributed by atoms with E-state index in [1.165, 1.54) is 11.3 Å². The Morgan fingerprint density at radius 2 is 2.06 bits per heavy atom. The van der Waals surface area contributed by atoms with Gasteiger partial charge in [-0.05, 0) is 42.9 Å². The van der Waals surface area contributed by atoms with Crippen LogP contribution in [0.1, 0.15) is 26.2 Å². The molecule has 3 heteroatoms. The summed E-state index contributed by atoms with van der Waals surface area (Å²) in [6.07, 6.45) is 3.28. The molecule has 0 unspecified atom stereocenters. The van der Waals surface area contributed by atoms with Gasteiger partial charge in [-0.3, -0.25) is 0 Å². The van der Waals surface area contributed by atoms with E-state index in [0.717, 1.165) is 30.8 Å². The lowest BCUT2D eigenvalue weighted by molar-refractivity contribution is 0.233. The van der Waals surface area contributed by atoms with Gasteiger partial charge >= 0.3 is 0 Å². The van der Waals surface area contributed by atoms with Crippen LogP contribution in [0.2, 0.25) is 0 Å². The Hall–Kier alpha value is -1.14. The van der Waals surface area contributed by atoms with E-state index in [2.05, 4.69) is 42.6 Å². The van der Waals surface area contributed by atoms with Gasteiger partial charge in [-0.1, -0.05) is 13.3 Å². The maximum atomic E-state index is 9.14. The molecule has 1 fully saturated rings. The van der Waals surface area contributed by atoms with Crippen LogP contribution in [-0.4, -0.2) is 12.3 Å². The van der Waals surface area contributed by atoms with Gasteiger partial charge in [0.25, 0.3) is 0 Å². The molecule has 0 heterocycles. The number of hydrogen-bond donors (Lipinski definition) is 1. The molecule has 0 bridgehead atoms. The van der Waals surface area contributed by atoms with Crippen molar-refractivity contribution >= 4 is 17.4 Å². The summed E-state index contributed by atoms with van der Waals surface area (Å²) in [6, 6.07) is 10.9. The van der Waals surface area contributed by atoms with Crippen molar-refractivity contribution in [3.63, 3.8) is 0 Å². The van der Waals surface area contributed by atoms with Gasteiger partial charge in [0.15, 0.2) is 0 Å². The Morgan fingerprint density at radius 3 is 2.53 bits per heavy atom. The van der Waals surface area contributed by atoms with E-state index < -0.39 is 0 Å². The third kappa shape index (κ3) is 2.95. The van der Waals surface area contributed by atoms with Gasteiger partial charge in [-0.15, -0.1) is 11.8 Å². The zero-order chi connectivity index (χ0) is 12.1. The van der Waals surface area contributed by atoms with Crippen molar-refractivity contribution in [1.29, 1.82) is 5.26 Å². The van der Waals surface area contributed by atoms with Crippen molar-refractivity contribution < 1.29 is 0 Å². The van der Waals surface area contributed by atoms with Crippen LogP contribution in [0.15, 0.2) is 29.2 Å². The van der Waals surface area contributed by atoms with E-state index >= 15 is 0 Å². The van der Waals surface area contributed by atoms with E-state index in [0.29, 0.717) is 0 Å². The quantitative estimate of drug-likeness (QED) is 0.800. The summed E-state index contributed by atoms with van der Waals surface area (Å²) >= 11 is 1.85. The second-order valence-electron chi connectivity index (χ2n) is 4.56. The molecule has 0 aromatic heterocycles. The molecule has 0 spiro atoms.